The van der Waals surface area contributed by atoms with Crippen LogP contribution in [0.4, 0.5) is 8.78 Å². The minimum Gasteiger partial charge on any atom is -0.351 e. The Kier molecular flexibility index (Phi) is 4.16. The summed E-state index contributed by atoms with van der Waals surface area (Å²) in [5, 5.41) is 10.9. The first-order valence-electron chi connectivity index (χ1n) is 5.09. The molecule has 0 aromatic heterocycles. The van der Waals surface area contributed by atoms with Gasteiger partial charge >= 0.3 is 0 Å². The maximum absolute atomic E-state index is 13.3. The first-order valence-corrected chi connectivity index (χ1v) is 5.09. The van der Waals surface area contributed by atoms with Gasteiger partial charge in [0.15, 0.2) is 0 Å². The molecular formula is C12H12F2N2O. The molecule has 0 aliphatic rings. The van der Waals surface area contributed by atoms with Crippen molar-refractivity contribution in [2.75, 3.05) is 6.54 Å². The van der Waals surface area contributed by atoms with E-state index in [0.29, 0.717) is 6.07 Å². The van der Waals surface area contributed by atoms with E-state index in [1.54, 1.807) is 6.92 Å². The summed E-state index contributed by atoms with van der Waals surface area (Å²) in [6.45, 7) is 3.21. The lowest BCUT2D eigenvalue weighted by Gasteiger charge is -2.08. The molecule has 1 N–H and O–H groups in total. The van der Waals surface area contributed by atoms with E-state index in [9.17, 15) is 13.6 Å². The Morgan fingerprint density at radius 1 is 1.47 bits per heavy atom. The lowest BCUT2D eigenvalue weighted by atomic mass is 10.1. The number of aryl methyl sites for hydroxylation is 1. The van der Waals surface area contributed by atoms with Gasteiger partial charge in [0.1, 0.15) is 11.6 Å². The van der Waals surface area contributed by atoms with Crippen molar-refractivity contribution in [3.8, 4) is 6.07 Å². The van der Waals surface area contributed by atoms with Gasteiger partial charge in [-0.15, -0.1) is 0 Å². The summed E-state index contributed by atoms with van der Waals surface area (Å²) >= 11 is 0. The lowest BCUT2D eigenvalue weighted by molar-refractivity contribution is 0.0946. The van der Waals surface area contributed by atoms with Crippen molar-refractivity contribution < 1.29 is 13.6 Å². The van der Waals surface area contributed by atoms with Gasteiger partial charge in [-0.1, -0.05) is 0 Å². The predicted octanol–water partition coefficient (Wildman–Crippen LogP) is 2.16. The average Bonchev–Trinajstić information content (AvgIpc) is 2.30. The zero-order valence-electron chi connectivity index (χ0n) is 9.55. The van der Waals surface area contributed by atoms with Crippen LogP contribution < -0.4 is 5.32 Å². The van der Waals surface area contributed by atoms with Crippen LogP contribution in [0, 0.1) is 35.8 Å². The van der Waals surface area contributed by atoms with Gasteiger partial charge < -0.3 is 5.32 Å². The third-order valence-corrected chi connectivity index (χ3v) is 2.28. The summed E-state index contributed by atoms with van der Waals surface area (Å²) in [6, 6.07) is 3.77. The fourth-order valence-corrected chi connectivity index (χ4v) is 1.22. The molecule has 0 fully saturated rings. The van der Waals surface area contributed by atoms with Crippen molar-refractivity contribution in [2.45, 2.75) is 13.8 Å². The Morgan fingerprint density at radius 2 is 2.12 bits per heavy atom. The molecule has 0 saturated heterocycles. The maximum Gasteiger partial charge on any atom is 0.254 e. The first kappa shape index (κ1) is 13.1. The number of nitrogens with zero attached hydrogens (tertiary/aromatic N) is 1. The maximum atomic E-state index is 13.3. The minimum absolute atomic E-state index is 0.130. The molecule has 1 unspecified atom stereocenters. The van der Waals surface area contributed by atoms with Crippen LogP contribution in [-0.4, -0.2) is 12.5 Å². The van der Waals surface area contributed by atoms with Crippen molar-refractivity contribution in [1.29, 1.82) is 5.26 Å². The minimum atomic E-state index is -0.907. The van der Waals surface area contributed by atoms with E-state index < -0.39 is 17.5 Å². The number of nitrogens with one attached hydrogen (secondary N) is 1. The Labute approximate surface area is 98.1 Å². The quantitative estimate of drug-likeness (QED) is 0.877. The number of nitriles is 1. The fraction of sp³-hybridized carbons (Fsp3) is 0.333. The number of halogens is 2. The van der Waals surface area contributed by atoms with E-state index in [-0.39, 0.29) is 23.6 Å². The van der Waals surface area contributed by atoms with Crippen LogP contribution in [0.3, 0.4) is 0 Å². The van der Waals surface area contributed by atoms with Gasteiger partial charge in [-0.3, -0.25) is 4.79 Å². The van der Waals surface area contributed by atoms with Crippen molar-refractivity contribution in [3.05, 3.63) is 34.9 Å². The second-order valence-electron chi connectivity index (χ2n) is 3.82. The molecule has 0 aliphatic heterocycles. The SMILES string of the molecule is Cc1cc(C(=O)NCC(C)C#N)c(F)cc1F. The fourth-order valence-electron chi connectivity index (χ4n) is 1.22. The Hall–Kier alpha value is -1.96. The molecule has 0 bridgehead atoms. The summed E-state index contributed by atoms with van der Waals surface area (Å²) < 4.78 is 26.3. The van der Waals surface area contributed by atoms with Crippen LogP contribution in [0.2, 0.25) is 0 Å². The van der Waals surface area contributed by atoms with Crippen LogP contribution in [0.5, 0.6) is 0 Å². The standard InChI is InChI=1S/C12H12F2N2O/c1-7(5-15)6-16-12(17)9-3-8(2)10(13)4-11(9)14/h3-4,7H,6H2,1-2H3,(H,16,17). The highest BCUT2D eigenvalue weighted by molar-refractivity contribution is 5.94. The van der Waals surface area contributed by atoms with Crippen molar-refractivity contribution >= 4 is 5.91 Å². The smallest absolute Gasteiger partial charge is 0.254 e. The molecule has 90 valence electrons. The molecule has 0 aliphatic carbocycles. The largest absolute Gasteiger partial charge is 0.351 e. The van der Waals surface area contributed by atoms with Crippen LogP contribution >= 0.6 is 0 Å². The van der Waals surface area contributed by atoms with E-state index in [1.165, 1.54) is 6.92 Å². The van der Waals surface area contributed by atoms with Crippen LogP contribution in [0.25, 0.3) is 0 Å². The normalized spacial score (nSPS) is 11.7. The number of carbonyl (C=O) groups is 1. The molecule has 0 radical (unpaired) electrons. The molecule has 3 nitrogen and oxygen atoms in total. The van der Waals surface area contributed by atoms with E-state index in [0.717, 1.165) is 6.07 Å². The van der Waals surface area contributed by atoms with Crippen LogP contribution in [0.1, 0.15) is 22.8 Å². The number of hydrogen-bond donors (Lipinski definition) is 1. The molecule has 1 rings (SSSR count). The monoisotopic (exact) mass is 238 g/mol. The first-order chi connectivity index (χ1) is 7.95. The Morgan fingerprint density at radius 3 is 2.71 bits per heavy atom. The molecule has 1 aromatic carbocycles. The third-order valence-electron chi connectivity index (χ3n) is 2.28. The highest BCUT2D eigenvalue weighted by Gasteiger charge is 2.14. The second kappa shape index (κ2) is 5.39. The number of hydrogen-bond acceptors (Lipinski definition) is 2. The molecule has 0 saturated carbocycles. The average molecular weight is 238 g/mol. The third kappa shape index (κ3) is 3.25. The van der Waals surface area contributed by atoms with Crippen LogP contribution in [-0.2, 0) is 0 Å². The van der Waals surface area contributed by atoms with Crippen molar-refractivity contribution in [2.24, 2.45) is 5.92 Å². The highest BCUT2D eigenvalue weighted by atomic mass is 19.1. The lowest BCUT2D eigenvalue weighted by Crippen LogP contribution is -2.28. The summed E-state index contributed by atoms with van der Waals surface area (Å²) in [4.78, 5) is 11.6. The number of carbonyl (C=O) groups excluding carboxylic acids is 1. The molecule has 1 amide bonds. The van der Waals surface area contributed by atoms with E-state index >= 15 is 0 Å². The topological polar surface area (TPSA) is 52.9 Å². The van der Waals surface area contributed by atoms with E-state index in [1.807, 2.05) is 6.07 Å². The van der Waals surface area contributed by atoms with Crippen molar-refractivity contribution in [3.63, 3.8) is 0 Å². The van der Waals surface area contributed by atoms with Gasteiger partial charge in [0.05, 0.1) is 17.6 Å². The van der Waals surface area contributed by atoms with Crippen molar-refractivity contribution in [1.82, 2.24) is 5.32 Å². The van der Waals surface area contributed by atoms with Gasteiger partial charge in [-0.05, 0) is 25.5 Å². The van der Waals surface area contributed by atoms with Crippen LogP contribution in [0.15, 0.2) is 12.1 Å². The molecule has 0 heterocycles. The molecule has 1 aromatic rings. The predicted molar refractivity (Wildman–Crippen MR) is 58.2 cm³/mol. The molecule has 0 spiro atoms. The molecule has 1 atom stereocenters. The van der Waals surface area contributed by atoms with Gasteiger partial charge in [0.25, 0.3) is 5.91 Å². The molecular weight excluding hydrogens is 226 g/mol. The Balaban J connectivity index is 2.83. The number of benzene rings is 1. The number of rotatable bonds is 3. The summed E-state index contributed by atoms with van der Waals surface area (Å²) in [7, 11) is 0. The summed E-state index contributed by atoms with van der Waals surface area (Å²) in [5.41, 5.74) is -0.0149. The van der Waals surface area contributed by atoms with Gasteiger partial charge in [-0.25, -0.2) is 8.78 Å². The zero-order chi connectivity index (χ0) is 13.0. The zero-order valence-corrected chi connectivity index (χ0v) is 9.55. The van der Waals surface area contributed by atoms with Gasteiger partial charge in [0.2, 0.25) is 0 Å². The second-order valence-corrected chi connectivity index (χ2v) is 3.82. The molecule has 5 heteroatoms. The van der Waals surface area contributed by atoms with E-state index in [2.05, 4.69) is 5.32 Å². The number of amides is 1. The summed E-state index contributed by atoms with van der Waals surface area (Å²) in [6.07, 6.45) is 0. The molecule has 17 heavy (non-hydrogen) atoms. The van der Waals surface area contributed by atoms with E-state index in [4.69, 9.17) is 5.26 Å². The Bertz CT molecular complexity index is 480. The summed E-state index contributed by atoms with van der Waals surface area (Å²) in [5.74, 6) is -2.60. The highest BCUT2D eigenvalue weighted by Crippen LogP contribution is 2.14. The van der Waals surface area contributed by atoms with Gasteiger partial charge in [0, 0.05) is 12.6 Å². The van der Waals surface area contributed by atoms with Gasteiger partial charge in [-0.2, -0.15) is 5.26 Å².